The Hall–Kier alpha value is -2.52. The maximum Gasteiger partial charge on any atom is 0.138 e. The Labute approximate surface area is 133 Å². The van der Waals surface area contributed by atoms with E-state index in [0.29, 0.717) is 22.9 Å². The van der Waals surface area contributed by atoms with Gasteiger partial charge in [0.1, 0.15) is 12.4 Å². The van der Waals surface area contributed by atoms with Crippen molar-refractivity contribution in [2.24, 2.45) is 5.16 Å². The molecule has 4 heteroatoms. The average molecular weight is 312 g/mol. The van der Waals surface area contributed by atoms with Crippen molar-refractivity contribution in [3.05, 3.63) is 76.8 Å². The number of halogens is 1. The van der Waals surface area contributed by atoms with E-state index in [0.717, 1.165) is 5.56 Å². The fourth-order valence-corrected chi connectivity index (χ4v) is 2.60. The number of oxime groups is 1. The van der Waals surface area contributed by atoms with Crippen molar-refractivity contribution >= 4 is 28.6 Å². The normalized spacial score (nSPS) is 11.1. The van der Waals surface area contributed by atoms with Crippen LogP contribution >= 0.6 is 11.6 Å². The number of nitrogens with zero attached hydrogens (tertiary/aromatic N) is 1. The Balaban J connectivity index is 1.82. The fourth-order valence-electron chi connectivity index (χ4n) is 2.35. The minimum atomic E-state index is 0.439. The zero-order chi connectivity index (χ0) is 15.4. The summed E-state index contributed by atoms with van der Waals surface area (Å²) in [6.45, 7) is 0.439. The van der Waals surface area contributed by atoms with Crippen LogP contribution in [-0.2, 0) is 6.61 Å². The molecule has 0 amide bonds. The number of hydrogen-bond donors (Lipinski definition) is 1. The van der Waals surface area contributed by atoms with Crippen LogP contribution in [0.1, 0.15) is 11.1 Å². The quantitative estimate of drug-likeness (QED) is 0.424. The monoisotopic (exact) mass is 311 g/mol. The van der Waals surface area contributed by atoms with Crippen molar-refractivity contribution in [1.29, 1.82) is 0 Å². The van der Waals surface area contributed by atoms with E-state index in [1.165, 1.54) is 17.0 Å². The summed E-state index contributed by atoms with van der Waals surface area (Å²) in [6.07, 6.45) is 1.32. The molecule has 0 unspecified atom stereocenters. The molecule has 1 N–H and O–H groups in total. The lowest BCUT2D eigenvalue weighted by atomic mass is 10.1. The van der Waals surface area contributed by atoms with E-state index < -0.39 is 0 Å². The SMILES string of the molecule is O/N=C/c1ccc(OCc2cccc3ccccc23)c(Cl)c1. The van der Waals surface area contributed by atoms with Crippen LogP contribution < -0.4 is 4.74 Å². The predicted octanol–water partition coefficient (Wildman–Crippen LogP) is 4.88. The molecule has 0 aliphatic rings. The average Bonchev–Trinajstić information content (AvgIpc) is 2.54. The number of benzene rings is 3. The molecule has 22 heavy (non-hydrogen) atoms. The first-order chi connectivity index (χ1) is 10.8. The molecule has 0 saturated heterocycles. The molecule has 0 spiro atoms. The first-order valence-electron chi connectivity index (χ1n) is 6.84. The van der Waals surface area contributed by atoms with Gasteiger partial charge in [0.15, 0.2) is 0 Å². The van der Waals surface area contributed by atoms with Gasteiger partial charge in [0, 0.05) is 0 Å². The van der Waals surface area contributed by atoms with E-state index in [-0.39, 0.29) is 0 Å². The van der Waals surface area contributed by atoms with Gasteiger partial charge in [0.05, 0.1) is 11.2 Å². The highest BCUT2D eigenvalue weighted by molar-refractivity contribution is 6.32. The smallest absolute Gasteiger partial charge is 0.138 e. The molecule has 0 aliphatic carbocycles. The van der Waals surface area contributed by atoms with Crippen molar-refractivity contribution in [3.8, 4) is 5.75 Å². The second kappa shape index (κ2) is 6.50. The van der Waals surface area contributed by atoms with Gasteiger partial charge in [-0.15, -0.1) is 0 Å². The van der Waals surface area contributed by atoms with E-state index >= 15 is 0 Å². The largest absolute Gasteiger partial charge is 0.487 e. The third-order valence-electron chi connectivity index (χ3n) is 3.43. The molecular formula is C18H14ClNO2. The van der Waals surface area contributed by atoms with Gasteiger partial charge < -0.3 is 9.94 Å². The standard InChI is InChI=1S/C18H14ClNO2/c19-17-10-13(11-20-21)8-9-18(17)22-12-15-6-3-5-14-4-1-2-7-16(14)15/h1-11,21H,12H2/b20-11+. The van der Waals surface area contributed by atoms with Gasteiger partial charge in [0.25, 0.3) is 0 Å². The topological polar surface area (TPSA) is 41.8 Å². The van der Waals surface area contributed by atoms with Crippen LogP contribution in [-0.4, -0.2) is 11.4 Å². The molecule has 0 atom stereocenters. The molecule has 0 heterocycles. The van der Waals surface area contributed by atoms with Crippen LogP contribution in [0.5, 0.6) is 5.75 Å². The summed E-state index contributed by atoms with van der Waals surface area (Å²) in [6, 6.07) is 19.6. The summed E-state index contributed by atoms with van der Waals surface area (Å²) in [5.74, 6) is 0.602. The van der Waals surface area contributed by atoms with Crippen LogP contribution in [0.25, 0.3) is 10.8 Å². The summed E-state index contributed by atoms with van der Waals surface area (Å²) in [5, 5.41) is 14.3. The van der Waals surface area contributed by atoms with Crippen LogP contribution in [0.3, 0.4) is 0 Å². The second-order valence-electron chi connectivity index (χ2n) is 4.86. The fraction of sp³-hybridized carbons (Fsp3) is 0.0556. The lowest BCUT2D eigenvalue weighted by Crippen LogP contribution is -1.97. The summed E-state index contributed by atoms with van der Waals surface area (Å²) in [4.78, 5) is 0. The molecule has 0 aliphatic heterocycles. The lowest BCUT2D eigenvalue weighted by molar-refractivity contribution is 0.308. The van der Waals surface area contributed by atoms with E-state index in [1.54, 1.807) is 18.2 Å². The molecule has 0 bridgehead atoms. The molecule has 3 rings (SSSR count). The first kappa shape index (κ1) is 14.4. The van der Waals surface area contributed by atoms with Crippen molar-refractivity contribution < 1.29 is 9.94 Å². The van der Waals surface area contributed by atoms with Crippen LogP contribution in [0.2, 0.25) is 5.02 Å². The third kappa shape index (κ3) is 3.05. The first-order valence-corrected chi connectivity index (χ1v) is 7.22. The summed E-state index contributed by atoms with van der Waals surface area (Å²) >= 11 is 6.18. The minimum Gasteiger partial charge on any atom is -0.487 e. The summed E-state index contributed by atoms with van der Waals surface area (Å²) in [5.41, 5.74) is 1.82. The van der Waals surface area contributed by atoms with E-state index in [4.69, 9.17) is 21.5 Å². The van der Waals surface area contributed by atoms with Gasteiger partial charge in [-0.05, 0) is 40.1 Å². The van der Waals surface area contributed by atoms with Gasteiger partial charge in [-0.1, -0.05) is 59.2 Å². The van der Waals surface area contributed by atoms with Gasteiger partial charge in [-0.25, -0.2) is 0 Å². The highest BCUT2D eigenvalue weighted by atomic mass is 35.5. The Kier molecular flexibility index (Phi) is 4.26. The minimum absolute atomic E-state index is 0.439. The third-order valence-corrected chi connectivity index (χ3v) is 3.72. The zero-order valence-electron chi connectivity index (χ0n) is 11.7. The number of rotatable bonds is 4. The van der Waals surface area contributed by atoms with Crippen molar-refractivity contribution in [2.75, 3.05) is 0 Å². The van der Waals surface area contributed by atoms with Crippen molar-refractivity contribution in [3.63, 3.8) is 0 Å². The maximum atomic E-state index is 8.53. The molecule has 0 fully saturated rings. The summed E-state index contributed by atoms with van der Waals surface area (Å²) < 4.78 is 5.83. The predicted molar refractivity (Wildman–Crippen MR) is 89.1 cm³/mol. The highest BCUT2D eigenvalue weighted by Gasteiger charge is 2.05. The zero-order valence-corrected chi connectivity index (χ0v) is 12.5. The molecule has 3 nitrogen and oxygen atoms in total. The Morgan fingerprint density at radius 2 is 1.86 bits per heavy atom. The molecule has 110 valence electrons. The molecule has 3 aromatic carbocycles. The number of hydrogen-bond acceptors (Lipinski definition) is 3. The van der Waals surface area contributed by atoms with E-state index in [9.17, 15) is 0 Å². The Morgan fingerprint density at radius 3 is 2.68 bits per heavy atom. The Morgan fingerprint density at radius 1 is 1.05 bits per heavy atom. The van der Waals surface area contributed by atoms with Crippen LogP contribution in [0.15, 0.2) is 65.8 Å². The van der Waals surface area contributed by atoms with E-state index in [2.05, 4.69) is 23.4 Å². The molecule has 0 radical (unpaired) electrons. The molecule has 0 aromatic heterocycles. The number of ether oxygens (including phenoxy) is 1. The van der Waals surface area contributed by atoms with Crippen LogP contribution in [0, 0.1) is 0 Å². The molecule has 0 saturated carbocycles. The Bertz CT molecular complexity index is 825. The van der Waals surface area contributed by atoms with Gasteiger partial charge in [-0.3, -0.25) is 0 Å². The van der Waals surface area contributed by atoms with Gasteiger partial charge >= 0.3 is 0 Å². The second-order valence-corrected chi connectivity index (χ2v) is 5.27. The highest BCUT2D eigenvalue weighted by Crippen LogP contribution is 2.27. The number of fused-ring (bicyclic) bond motifs is 1. The van der Waals surface area contributed by atoms with Crippen molar-refractivity contribution in [1.82, 2.24) is 0 Å². The maximum absolute atomic E-state index is 8.53. The lowest BCUT2D eigenvalue weighted by Gasteiger charge is -2.10. The van der Waals surface area contributed by atoms with Gasteiger partial charge in [-0.2, -0.15) is 0 Å². The van der Waals surface area contributed by atoms with Crippen molar-refractivity contribution in [2.45, 2.75) is 6.61 Å². The summed E-state index contributed by atoms with van der Waals surface area (Å²) in [7, 11) is 0. The van der Waals surface area contributed by atoms with Crippen LogP contribution in [0.4, 0.5) is 0 Å². The van der Waals surface area contributed by atoms with Gasteiger partial charge in [0.2, 0.25) is 0 Å². The van der Waals surface area contributed by atoms with E-state index in [1.807, 2.05) is 24.3 Å². The molecular weight excluding hydrogens is 298 g/mol. The molecule has 3 aromatic rings.